The zero-order valence-electron chi connectivity index (χ0n) is 9.54. The molecule has 0 saturated heterocycles. The van der Waals surface area contributed by atoms with Crippen molar-refractivity contribution in [2.75, 3.05) is 6.54 Å². The van der Waals surface area contributed by atoms with Crippen molar-refractivity contribution in [3.63, 3.8) is 0 Å². The molecule has 0 aliphatic rings. The SMILES string of the molecule is CC(C)(C)NCCc1ccnc(C#N)c1. The number of hydrogen-bond acceptors (Lipinski definition) is 3. The van der Waals surface area contributed by atoms with Crippen molar-refractivity contribution in [3.8, 4) is 6.07 Å². The predicted octanol–water partition coefficient (Wildman–Crippen LogP) is 1.88. The van der Waals surface area contributed by atoms with Gasteiger partial charge in [0, 0.05) is 11.7 Å². The zero-order valence-corrected chi connectivity index (χ0v) is 9.54. The molecule has 1 aromatic rings. The molecular weight excluding hydrogens is 186 g/mol. The highest BCUT2D eigenvalue weighted by atomic mass is 14.9. The molecule has 0 radical (unpaired) electrons. The van der Waals surface area contributed by atoms with Gasteiger partial charge in [0.15, 0.2) is 0 Å². The molecule has 0 amide bonds. The van der Waals surface area contributed by atoms with Gasteiger partial charge >= 0.3 is 0 Å². The summed E-state index contributed by atoms with van der Waals surface area (Å²) in [4.78, 5) is 3.93. The second kappa shape index (κ2) is 4.90. The molecule has 1 N–H and O–H groups in total. The van der Waals surface area contributed by atoms with Crippen LogP contribution in [0.5, 0.6) is 0 Å². The van der Waals surface area contributed by atoms with E-state index in [1.807, 2.05) is 18.2 Å². The van der Waals surface area contributed by atoms with Crippen LogP contribution in [0.1, 0.15) is 32.0 Å². The minimum Gasteiger partial charge on any atom is -0.312 e. The lowest BCUT2D eigenvalue weighted by molar-refractivity contribution is 0.429. The fraction of sp³-hybridized carbons (Fsp3) is 0.500. The number of hydrogen-bond donors (Lipinski definition) is 1. The molecule has 0 aliphatic carbocycles. The lowest BCUT2D eigenvalue weighted by Crippen LogP contribution is -2.37. The first-order valence-electron chi connectivity index (χ1n) is 5.11. The molecular formula is C12H17N3. The van der Waals surface area contributed by atoms with Crippen LogP contribution < -0.4 is 5.32 Å². The van der Waals surface area contributed by atoms with Crippen molar-refractivity contribution in [1.29, 1.82) is 5.26 Å². The Labute approximate surface area is 91.1 Å². The topological polar surface area (TPSA) is 48.7 Å². The van der Waals surface area contributed by atoms with E-state index in [0.29, 0.717) is 5.69 Å². The quantitative estimate of drug-likeness (QED) is 0.816. The van der Waals surface area contributed by atoms with Crippen molar-refractivity contribution in [2.45, 2.75) is 32.7 Å². The summed E-state index contributed by atoms with van der Waals surface area (Å²) in [5.74, 6) is 0. The van der Waals surface area contributed by atoms with Gasteiger partial charge in [0.2, 0.25) is 0 Å². The minimum absolute atomic E-state index is 0.144. The van der Waals surface area contributed by atoms with Gasteiger partial charge in [-0.3, -0.25) is 0 Å². The molecule has 0 unspecified atom stereocenters. The van der Waals surface area contributed by atoms with Crippen LogP contribution in [0.4, 0.5) is 0 Å². The summed E-state index contributed by atoms with van der Waals surface area (Å²) < 4.78 is 0. The number of pyridine rings is 1. The Kier molecular flexibility index (Phi) is 3.81. The first-order valence-corrected chi connectivity index (χ1v) is 5.11. The fourth-order valence-corrected chi connectivity index (χ4v) is 1.27. The Balaban J connectivity index is 2.48. The van der Waals surface area contributed by atoms with Gasteiger partial charge in [-0.25, -0.2) is 4.98 Å². The number of nitrogens with one attached hydrogen (secondary N) is 1. The Morgan fingerprint density at radius 1 is 1.47 bits per heavy atom. The Morgan fingerprint density at radius 2 is 2.20 bits per heavy atom. The maximum absolute atomic E-state index is 8.69. The van der Waals surface area contributed by atoms with Crippen LogP contribution in [0.25, 0.3) is 0 Å². The largest absolute Gasteiger partial charge is 0.312 e. The summed E-state index contributed by atoms with van der Waals surface area (Å²) >= 11 is 0. The third-order valence-corrected chi connectivity index (χ3v) is 2.01. The van der Waals surface area contributed by atoms with Crippen LogP contribution in [0, 0.1) is 11.3 Å². The van der Waals surface area contributed by atoms with E-state index in [1.54, 1.807) is 6.20 Å². The first-order chi connectivity index (χ1) is 7.01. The van der Waals surface area contributed by atoms with Crippen molar-refractivity contribution in [1.82, 2.24) is 10.3 Å². The van der Waals surface area contributed by atoms with E-state index in [4.69, 9.17) is 5.26 Å². The third kappa shape index (κ3) is 4.57. The van der Waals surface area contributed by atoms with Crippen LogP contribution in [0.3, 0.4) is 0 Å². The highest BCUT2D eigenvalue weighted by Crippen LogP contribution is 2.03. The van der Waals surface area contributed by atoms with E-state index in [0.717, 1.165) is 18.5 Å². The van der Waals surface area contributed by atoms with Gasteiger partial charge in [0.05, 0.1) is 0 Å². The second-order valence-electron chi connectivity index (χ2n) is 4.59. The molecule has 1 aromatic heterocycles. The molecule has 1 heterocycles. The van der Waals surface area contributed by atoms with Gasteiger partial charge in [-0.2, -0.15) is 5.26 Å². The normalized spacial score (nSPS) is 11.1. The lowest BCUT2D eigenvalue weighted by atomic mass is 10.1. The summed E-state index contributed by atoms with van der Waals surface area (Å²) in [5.41, 5.74) is 1.78. The summed E-state index contributed by atoms with van der Waals surface area (Å²) in [5, 5.41) is 12.1. The van der Waals surface area contributed by atoms with E-state index in [2.05, 4.69) is 31.1 Å². The molecule has 0 bridgehead atoms. The molecule has 3 heteroatoms. The van der Waals surface area contributed by atoms with Crippen LogP contribution in [0.15, 0.2) is 18.3 Å². The van der Waals surface area contributed by atoms with E-state index in [1.165, 1.54) is 0 Å². The first kappa shape index (κ1) is 11.7. The molecule has 0 aliphatic heterocycles. The van der Waals surface area contributed by atoms with Crippen molar-refractivity contribution in [3.05, 3.63) is 29.6 Å². The van der Waals surface area contributed by atoms with Crippen LogP contribution >= 0.6 is 0 Å². The van der Waals surface area contributed by atoms with Crippen molar-refractivity contribution >= 4 is 0 Å². The molecule has 0 aromatic carbocycles. The smallest absolute Gasteiger partial charge is 0.140 e. The number of aromatic nitrogens is 1. The summed E-state index contributed by atoms with van der Waals surface area (Å²) in [6, 6.07) is 5.83. The van der Waals surface area contributed by atoms with E-state index >= 15 is 0 Å². The monoisotopic (exact) mass is 203 g/mol. The molecule has 3 nitrogen and oxygen atoms in total. The maximum atomic E-state index is 8.69. The molecule has 15 heavy (non-hydrogen) atoms. The van der Waals surface area contributed by atoms with E-state index in [9.17, 15) is 0 Å². The van der Waals surface area contributed by atoms with Crippen molar-refractivity contribution in [2.24, 2.45) is 0 Å². The summed E-state index contributed by atoms with van der Waals surface area (Å²) in [6.45, 7) is 7.33. The number of rotatable bonds is 3. The molecule has 1 rings (SSSR count). The van der Waals surface area contributed by atoms with E-state index < -0.39 is 0 Å². The summed E-state index contributed by atoms with van der Waals surface area (Å²) in [6.07, 6.45) is 2.61. The highest BCUT2D eigenvalue weighted by molar-refractivity contribution is 5.25. The average Bonchev–Trinajstić information content (AvgIpc) is 2.16. The van der Waals surface area contributed by atoms with Gasteiger partial charge in [-0.05, 0) is 51.4 Å². The number of nitrogens with zero attached hydrogens (tertiary/aromatic N) is 2. The van der Waals surface area contributed by atoms with Crippen LogP contribution in [-0.4, -0.2) is 17.1 Å². The molecule has 0 fully saturated rings. The van der Waals surface area contributed by atoms with E-state index in [-0.39, 0.29) is 5.54 Å². The lowest BCUT2D eigenvalue weighted by Gasteiger charge is -2.20. The second-order valence-corrected chi connectivity index (χ2v) is 4.59. The van der Waals surface area contributed by atoms with Gasteiger partial charge < -0.3 is 5.32 Å². The molecule has 0 atom stereocenters. The third-order valence-electron chi connectivity index (χ3n) is 2.01. The molecule has 80 valence electrons. The van der Waals surface area contributed by atoms with Crippen LogP contribution in [-0.2, 0) is 6.42 Å². The average molecular weight is 203 g/mol. The number of nitriles is 1. The van der Waals surface area contributed by atoms with Gasteiger partial charge in [0.1, 0.15) is 11.8 Å². The standard InChI is InChI=1S/C12H17N3/c1-12(2,3)15-7-5-10-4-6-14-11(8-10)9-13/h4,6,8,15H,5,7H2,1-3H3. The predicted molar refractivity (Wildman–Crippen MR) is 60.4 cm³/mol. The molecule has 0 spiro atoms. The van der Waals surface area contributed by atoms with Gasteiger partial charge in [0.25, 0.3) is 0 Å². The molecule has 0 saturated carbocycles. The minimum atomic E-state index is 0.144. The Morgan fingerprint density at radius 3 is 2.80 bits per heavy atom. The van der Waals surface area contributed by atoms with Gasteiger partial charge in [-0.1, -0.05) is 0 Å². The maximum Gasteiger partial charge on any atom is 0.140 e. The Bertz CT molecular complexity index is 358. The van der Waals surface area contributed by atoms with Crippen LogP contribution in [0.2, 0.25) is 0 Å². The zero-order chi connectivity index (χ0) is 11.3. The summed E-state index contributed by atoms with van der Waals surface area (Å²) in [7, 11) is 0. The van der Waals surface area contributed by atoms with Crippen molar-refractivity contribution < 1.29 is 0 Å². The fourth-order valence-electron chi connectivity index (χ4n) is 1.27. The van der Waals surface area contributed by atoms with Gasteiger partial charge in [-0.15, -0.1) is 0 Å². The Hall–Kier alpha value is -1.40. The highest BCUT2D eigenvalue weighted by Gasteiger charge is 2.07.